The topological polar surface area (TPSA) is 57.2 Å². The Labute approximate surface area is 122 Å². The molecular formula is C15H20N2O2S. The van der Waals surface area contributed by atoms with Crippen molar-refractivity contribution in [2.24, 2.45) is 5.73 Å². The molecule has 0 bridgehead atoms. The number of aryl methyl sites for hydroxylation is 2. The van der Waals surface area contributed by atoms with Crippen LogP contribution in [0.1, 0.15) is 27.7 Å². The Kier molecular flexibility index (Phi) is 4.75. The van der Waals surface area contributed by atoms with Crippen LogP contribution in [-0.2, 0) is 11.3 Å². The highest BCUT2D eigenvalue weighted by Gasteiger charge is 2.19. The van der Waals surface area contributed by atoms with E-state index >= 15 is 0 Å². The van der Waals surface area contributed by atoms with E-state index in [1.165, 1.54) is 0 Å². The summed E-state index contributed by atoms with van der Waals surface area (Å²) >= 11 is 1.57. The van der Waals surface area contributed by atoms with Gasteiger partial charge in [-0.3, -0.25) is 4.79 Å². The monoisotopic (exact) mass is 292 g/mol. The zero-order valence-corrected chi connectivity index (χ0v) is 12.9. The maximum atomic E-state index is 12.7. The van der Waals surface area contributed by atoms with E-state index < -0.39 is 0 Å². The molecule has 4 nitrogen and oxygen atoms in total. The first kappa shape index (κ1) is 15.0. The second-order valence-electron chi connectivity index (χ2n) is 4.83. The maximum Gasteiger partial charge on any atom is 0.256 e. The molecule has 0 aliphatic rings. The third kappa shape index (κ3) is 2.85. The first-order valence-electron chi connectivity index (χ1n) is 6.55. The molecular weight excluding hydrogens is 272 g/mol. The fourth-order valence-electron chi connectivity index (χ4n) is 2.39. The number of rotatable bonds is 5. The SMILES string of the molecule is COCCn1c(C)cc(C)c(C(N)c2cccs2)c1=O. The number of hydrogen-bond donors (Lipinski definition) is 1. The quantitative estimate of drug-likeness (QED) is 0.919. The average Bonchev–Trinajstić information content (AvgIpc) is 2.91. The van der Waals surface area contributed by atoms with Gasteiger partial charge >= 0.3 is 0 Å². The third-order valence-electron chi connectivity index (χ3n) is 3.43. The Hall–Kier alpha value is -1.43. The van der Waals surface area contributed by atoms with Crippen LogP contribution in [-0.4, -0.2) is 18.3 Å². The van der Waals surface area contributed by atoms with E-state index in [2.05, 4.69) is 0 Å². The molecule has 2 N–H and O–H groups in total. The molecule has 5 heteroatoms. The minimum absolute atomic E-state index is 0.0135. The number of nitrogens with two attached hydrogens (primary N) is 1. The van der Waals surface area contributed by atoms with Gasteiger partial charge in [-0.1, -0.05) is 6.07 Å². The Bertz CT molecular complexity index is 632. The van der Waals surface area contributed by atoms with Crippen molar-refractivity contribution in [2.45, 2.75) is 26.4 Å². The molecule has 0 aliphatic carbocycles. The number of ether oxygens (including phenoxy) is 1. The summed E-state index contributed by atoms with van der Waals surface area (Å²) < 4.78 is 6.81. The van der Waals surface area contributed by atoms with E-state index in [1.54, 1.807) is 23.0 Å². The van der Waals surface area contributed by atoms with Crippen LogP contribution in [0.15, 0.2) is 28.4 Å². The Morgan fingerprint density at radius 2 is 2.20 bits per heavy atom. The van der Waals surface area contributed by atoms with Gasteiger partial charge in [0.05, 0.1) is 12.6 Å². The van der Waals surface area contributed by atoms with Gasteiger partial charge in [-0.2, -0.15) is 0 Å². The van der Waals surface area contributed by atoms with Crippen LogP contribution in [0.5, 0.6) is 0 Å². The largest absolute Gasteiger partial charge is 0.383 e. The summed E-state index contributed by atoms with van der Waals surface area (Å²) in [4.78, 5) is 13.7. The summed E-state index contributed by atoms with van der Waals surface area (Å²) in [6.07, 6.45) is 0. The van der Waals surface area contributed by atoms with E-state index in [1.807, 2.05) is 37.4 Å². The predicted octanol–water partition coefficient (Wildman–Crippen LogP) is 2.22. The summed E-state index contributed by atoms with van der Waals surface area (Å²) in [6.45, 7) is 4.94. The van der Waals surface area contributed by atoms with Gasteiger partial charge in [-0.15, -0.1) is 11.3 Å². The smallest absolute Gasteiger partial charge is 0.256 e. The second-order valence-corrected chi connectivity index (χ2v) is 5.80. The van der Waals surface area contributed by atoms with Crippen LogP contribution in [0.25, 0.3) is 0 Å². The molecule has 2 heterocycles. The van der Waals surface area contributed by atoms with Crippen molar-refractivity contribution in [2.75, 3.05) is 13.7 Å². The van der Waals surface area contributed by atoms with Gasteiger partial charge in [-0.05, 0) is 36.9 Å². The lowest BCUT2D eigenvalue weighted by Gasteiger charge is -2.17. The number of pyridine rings is 1. The van der Waals surface area contributed by atoms with E-state index in [0.717, 1.165) is 16.1 Å². The predicted molar refractivity (Wildman–Crippen MR) is 82.4 cm³/mol. The summed E-state index contributed by atoms with van der Waals surface area (Å²) in [5, 5.41) is 1.97. The molecule has 1 atom stereocenters. The molecule has 20 heavy (non-hydrogen) atoms. The van der Waals surface area contributed by atoms with Crippen molar-refractivity contribution in [3.05, 3.63) is 55.6 Å². The fraction of sp³-hybridized carbons (Fsp3) is 0.400. The lowest BCUT2D eigenvalue weighted by Crippen LogP contribution is -2.32. The minimum Gasteiger partial charge on any atom is -0.383 e. The molecule has 0 saturated carbocycles. The van der Waals surface area contributed by atoms with Crippen LogP contribution < -0.4 is 11.3 Å². The highest BCUT2D eigenvalue weighted by atomic mass is 32.1. The van der Waals surface area contributed by atoms with Crippen LogP contribution in [0.4, 0.5) is 0 Å². The molecule has 108 valence electrons. The van der Waals surface area contributed by atoms with Crippen LogP contribution >= 0.6 is 11.3 Å². The maximum absolute atomic E-state index is 12.7. The van der Waals surface area contributed by atoms with Gasteiger partial charge in [-0.25, -0.2) is 0 Å². The molecule has 1 unspecified atom stereocenters. The lowest BCUT2D eigenvalue weighted by molar-refractivity contribution is 0.185. The molecule has 0 radical (unpaired) electrons. The van der Waals surface area contributed by atoms with Gasteiger partial charge in [0.1, 0.15) is 0 Å². The Morgan fingerprint density at radius 3 is 2.80 bits per heavy atom. The van der Waals surface area contributed by atoms with Crippen molar-refractivity contribution >= 4 is 11.3 Å². The number of hydrogen-bond acceptors (Lipinski definition) is 4. The third-order valence-corrected chi connectivity index (χ3v) is 4.39. The zero-order chi connectivity index (χ0) is 14.7. The minimum atomic E-state index is -0.364. The van der Waals surface area contributed by atoms with Crippen molar-refractivity contribution in [1.82, 2.24) is 4.57 Å². The van der Waals surface area contributed by atoms with Gasteiger partial charge < -0.3 is 15.0 Å². The summed E-state index contributed by atoms with van der Waals surface area (Å²) in [6, 6.07) is 5.57. The first-order valence-corrected chi connectivity index (χ1v) is 7.43. The van der Waals surface area contributed by atoms with E-state index in [4.69, 9.17) is 10.5 Å². The van der Waals surface area contributed by atoms with Gasteiger partial charge in [0.2, 0.25) is 0 Å². The molecule has 2 rings (SSSR count). The number of methoxy groups -OCH3 is 1. The van der Waals surface area contributed by atoms with Crippen LogP contribution in [0.2, 0.25) is 0 Å². The second kappa shape index (κ2) is 6.35. The molecule has 0 aromatic carbocycles. The fourth-order valence-corrected chi connectivity index (χ4v) is 3.13. The first-order chi connectivity index (χ1) is 9.56. The summed E-state index contributed by atoms with van der Waals surface area (Å²) in [5.74, 6) is 0. The van der Waals surface area contributed by atoms with Crippen LogP contribution in [0, 0.1) is 13.8 Å². The molecule has 0 spiro atoms. The van der Waals surface area contributed by atoms with Gasteiger partial charge in [0, 0.05) is 29.8 Å². The molecule has 0 fully saturated rings. The summed E-state index contributed by atoms with van der Waals surface area (Å²) in [5.41, 5.74) is 8.82. The van der Waals surface area contributed by atoms with E-state index in [-0.39, 0.29) is 11.6 Å². The zero-order valence-electron chi connectivity index (χ0n) is 12.1. The van der Waals surface area contributed by atoms with E-state index in [9.17, 15) is 4.79 Å². The Morgan fingerprint density at radius 1 is 1.45 bits per heavy atom. The molecule has 2 aromatic rings. The molecule has 0 aliphatic heterocycles. The number of aromatic nitrogens is 1. The summed E-state index contributed by atoms with van der Waals surface area (Å²) in [7, 11) is 1.63. The average molecular weight is 292 g/mol. The van der Waals surface area contributed by atoms with Crippen molar-refractivity contribution in [3.63, 3.8) is 0 Å². The highest BCUT2D eigenvalue weighted by molar-refractivity contribution is 7.10. The molecule has 0 amide bonds. The number of thiophene rings is 1. The van der Waals surface area contributed by atoms with Crippen molar-refractivity contribution in [1.29, 1.82) is 0 Å². The Balaban J connectivity index is 2.50. The van der Waals surface area contributed by atoms with Gasteiger partial charge in [0.15, 0.2) is 0 Å². The van der Waals surface area contributed by atoms with Crippen LogP contribution in [0.3, 0.4) is 0 Å². The molecule has 0 saturated heterocycles. The highest BCUT2D eigenvalue weighted by Crippen LogP contribution is 2.24. The lowest BCUT2D eigenvalue weighted by atomic mass is 10.0. The molecule has 2 aromatic heterocycles. The standard InChI is InChI=1S/C15H20N2O2S/c1-10-9-11(2)17(6-7-19-3)15(18)13(10)14(16)12-5-4-8-20-12/h4-5,8-9,14H,6-7,16H2,1-3H3. The van der Waals surface area contributed by atoms with Crippen molar-refractivity contribution < 1.29 is 4.74 Å². The normalized spacial score (nSPS) is 12.6. The van der Waals surface area contributed by atoms with Gasteiger partial charge in [0.25, 0.3) is 5.56 Å². The number of nitrogens with zero attached hydrogens (tertiary/aromatic N) is 1. The van der Waals surface area contributed by atoms with E-state index in [0.29, 0.717) is 18.7 Å². The van der Waals surface area contributed by atoms with Crippen molar-refractivity contribution in [3.8, 4) is 0 Å².